The highest BCUT2D eigenvalue weighted by Gasteiger charge is 2.25. The lowest BCUT2D eigenvalue weighted by Gasteiger charge is -2.20. The van der Waals surface area contributed by atoms with Crippen LogP contribution in [0.4, 0.5) is 0 Å². The summed E-state index contributed by atoms with van der Waals surface area (Å²) in [7, 11) is 0. The fraction of sp³-hybridized carbons (Fsp3) is 0.381. The number of aromatic nitrogens is 2. The third kappa shape index (κ3) is 4.79. The molecule has 2 amide bonds. The number of likely N-dealkylation sites (tertiary alicyclic amines) is 1. The summed E-state index contributed by atoms with van der Waals surface area (Å²) in [6.07, 6.45) is 5.19. The predicted octanol–water partition coefficient (Wildman–Crippen LogP) is 2.95. The molecule has 0 saturated carbocycles. The van der Waals surface area contributed by atoms with Gasteiger partial charge in [-0.3, -0.25) is 9.59 Å². The molecule has 0 spiro atoms. The van der Waals surface area contributed by atoms with E-state index in [1.54, 1.807) is 0 Å². The summed E-state index contributed by atoms with van der Waals surface area (Å²) in [6.45, 7) is 5.41. The van der Waals surface area contributed by atoms with Gasteiger partial charge in [0, 0.05) is 42.3 Å². The molecule has 1 aliphatic heterocycles. The zero-order valence-corrected chi connectivity index (χ0v) is 16.3. The average Bonchev–Trinajstić information content (AvgIpc) is 3.41. The van der Waals surface area contributed by atoms with Crippen molar-refractivity contribution < 1.29 is 14.1 Å². The Morgan fingerprint density at radius 2 is 2.25 bits per heavy atom. The Bertz CT molecular complexity index is 931. The van der Waals surface area contributed by atoms with Crippen LogP contribution in [0.25, 0.3) is 10.9 Å². The Morgan fingerprint density at radius 3 is 2.93 bits per heavy atom. The number of nitrogens with one attached hydrogen (secondary N) is 2. The molecule has 7 nitrogen and oxygen atoms in total. The fourth-order valence-corrected chi connectivity index (χ4v) is 3.48. The molecular weight excluding hydrogens is 356 g/mol. The normalized spacial score (nSPS) is 15.9. The number of rotatable bonds is 5. The van der Waals surface area contributed by atoms with Crippen LogP contribution in [0.2, 0.25) is 0 Å². The quantitative estimate of drug-likeness (QED) is 0.664. The second-order valence-corrected chi connectivity index (χ2v) is 7.05. The number of H-pyrrole nitrogens is 1. The minimum absolute atomic E-state index is 0.149. The first-order valence-corrected chi connectivity index (χ1v) is 9.52. The molecule has 1 aliphatic rings. The number of hydrogen-bond donors (Lipinski definition) is 2. The summed E-state index contributed by atoms with van der Waals surface area (Å²) in [5.74, 6) is 0.813. The molecule has 1 saturated heterocycles. The molecule has 4 rings (SSSR count). The Hall–Kier alpha value is -3.09. The van der Waals surface area contributed by atoms with E-state index in [0.29, 0.717) is 31.2 Å². The monoisotopic (exact) mass is 382 g/mol. The van der Waals surface area contributed by atoms with Crippen LogP contribution in [0.5, 0.6) is 0 Å². The number of carbonyl (C=O) groups excluding carboxylic acids is 2. The Kier molecular flexibility index (Phi) is 6.47. The molecule has 7 heteroatoms. The predicted molar refractivity (Wildman–Crippen MR) is 107 cm³/mol. The molecule has 0 bridgehead atoms. The number of amides is 2. The van der Waals surface area contributed by atoms with E-state index in [1.165, 1.54) is 0 Å². The van der Waals surface area contributed by atoms with E-state index in [4.69, 9.17) is 4.52 Å². The molecule has 2 N–H and O–H groups in total. The van der Waals surface area contributed by atoms with Crippen molar-refractivity contribution in [1.29, 1.82) is 0 Å². The van der Waals surface area contributed by atoms with Crippen molar-refractivity contribution in [3.63, 3.8) is 0 Å². The van der Waals surface area contributed by atoms with Crippen LogP contribution in [0.1, 0.15) is 36.8 Å². The minimum atomic E-state index is 0.149. The lowest BCUT2D eigenvalue weighted by molar-refractivity contribution is -0.131. The molecule has 1 aromatic carbocycles. The number of aromatic amines is 1. The smallest absolute Gasteiger partial charge is 0.230 e. The van der Waals surface area contributed by atoms with Crippen molar-refractivity contribution in [3.05, 3.63) is 53.5 Å². The van der Waals surface area contributed by atoms with E-state index in [0.717, 1.165) is 41.5 Å². The van der Waals surface area contributed by atoms with Crippen LogP contribution in [0, 0.1) is 6.92 Å². The number of hydrogen-bond acceptors (Lipinski definition) is 4. The second kappa shape index (κ2) is 9.21. The SMILES string of the molecule is Cc1cc(CC(=O)N2CCCC2C)on1.O=CNCc1c[nH]c2ccccc12. The largest absolute Gasteiger partial charge is 0.361 e. The van der Waals surface area contributed by atoms with Crippen molar-refractivity contribution >= 4 is 23.2 Å². The van der Waals surface area contributed by atoms with Gasteiger partial charge in [0.2, 0.25) is 12.3 Å². The third-order valence-electron chi connectivity index (χ3n) is 4.93. The van der Waals surface area contributed by atoms with Crippen molar-refractivity contribution in [2.24, 2.45) is 0 Å². The maximum atomic E-state index is 11.9. The molecule has 2 aromatic heterocycles. The number of aryl methyl sites for hydroxylation is 1. The topological polar surface area (TPSA) is 91.2 Å². The van der Waals surface area contributed by atoms with Gasteiger partial charge in [-0.2, -0.15) is 0 Å². The molecule has 1 unspecified atom stereocenters. The standard InChI is InChI=1S/C11H16N2O2.C10H10N2O/c1-8-6-10(15-12-8)7-11(14)13-5-3-4-9(13)2;13-7-11-5-8-6-12-10-4-2-1-3-9(8)10/h6,9H,3-5,7H2,1-2H3;1-4,6-7,12H,5H2,(H,11,13). The van der Waals surface area contributed by atoms with Gasteiger partial charge in [0.1, 0.15) is 5.76 Å². The third-order valence-corrected chi connectivity index (χ3v) is 4.93. The molecule has 0 aliphatic carbocycles. The number of carbonyl (C=O) groups is 2. The maximum absolute atomic E-state index is 11.9. The van der Waals surface area contributed by atoms with Gasteiger partial charge >= 0.3 is 0 Å². The molecule has 1 atom stereocenters. The van der Waals surface area contributed by atoms with Crippen molar-refractivity contribution in [1.82, 2.24) is 20.4 Å². The molecular formula is C21H26N4O3. The van der Waals surface area contributed by atoms with Crippen LogP contribution < -0.4 is 5.32 Å². The van der Waals surface area contributed by atoms with E-state index in [9.17, 15) is 9.59 Å². The first-order chi connectivity index (χ1) is 13.6. The maximum Gasteiger partial charge on any atom is 0.230 e. The zero-order valence-electron chi connectivity index (χ0n) is 16.3. The summed E-state index contributed by atoms with van der Waals surface area (Å²) in [6, 6.07) is 10.2. The fourth-order valence-electron chi connectivity index (χ4n) is 3.48. The van der Waals surface area contributed by atoms with Crippen molar-refractivity contribution in [2.45, 2.75) is 45.7 Å². The Labute approximate surface area is 164 Å². The van der Waals surface area contributed by atoms with Crippen LogP contribution in [-0.2, 0) is 22.6 Å². The van der Waals surface area contributed by atoms with Crippen LogP contribution in [-0.4, -0.2) is 39.9 Å². The van der Waals surface area contributed by atoms with E-state index >= 15 is 0 Å². The second-order valence-electron chi connectivity index (χ2n) is 7.05. The van der Waals surface area contributed by atoms with Crippen molar-refractivity contribution in [3.8, 4) is 0 Å². The summed E-state index contributed by atoms with van der Waals surface area (Å²) >= 11 is 0. The van der Waals surface area contributed by atoms with Gasteiger partial charge in [0.05, 0.1) is 12.1 Å². The summed E-state index contributed by atoms with van der Waals surface area (Å²) in [4.78, 5) is 27.1. The van der Waals surface area contributed by atoms with E-state index in [-0.39, 0.29) is 5.91 Å². The molecule has 3 heterocycles. The number of nitrogens with zero attached hydrogens (tertiary/aromatic N) is 2. The number of fused-ring (bicyclic) bond motifs is 1. The van der Waals surface area contributed by atoms with Crippen LogP contribution in [0.15, 0.2) is 41.1 Å². The van der Waals surface area contributed by atoms with Gasteiger partial charge in [-0.1, -0.05) is 23.4 Å². The van der Waals surface area contributed by atoms with Crippen molar-refractivity contribution in [2.75, 3.05) is 6.54 Å². The lowest BCUT2D eigenvalue weighted by Crippen LogP contribution is -2.34. The molecule has 28 heavy (non-hydrogen) atoms. The van der Waals surface area contributed by atoms with Crippen LogP contribution >= 0.6 is 0 Å². The Morgan fingerprint density at radius 1 is 1.43 bits per heavy atom. The zero-order chi connectivity index (χ0) is 19.9. The highest BCUT2D eigenvalue weighted by molar-refractivity contribution is 5.83. The van der Waals surface area contributed by atoms with Gasteiger partial charge < -0.3 is 19.7 Å². The molecule has 1 fully saturated rings. The van der Waals surface area contributed by atoms with E-state index < -0.39 is 0 Å². The van der Waals surface area contributed by atoms with Gasteiger partial charge in [-0.05, 0) is 38.3 Å². The molecule has 148 valence electrons. The lowest BCUT2D eigenvalue weighted by atomic mass is 10.2. The molecule has 0 radical (unpaired) electrons. The van der Waals surface area contributed by atoms with Gasteiger partial charge in [0.15, 0.2) is 0 Å². The van der Waals surface area contributed by atoms with Gasteiger partial charge in [-0.25, -0.2) is 0 Å². The highest BCUT2D eigenvalue weighted by Crippen LogP contribution is 2.18. The first kappa shape index (κ1) is 19.7. The minimum Gasteiger partial charge on any atom is -0.361 e. The number of benzene rings is 1. The highest BCUT2D eigenvalue weighted by atomic mass is 16.5. The van der Waals surface area contributed by atoms with Crippen LogP contribution in [0.3, 0.4) is 0 Å². The molecule has 3 aromatic rings. The van der Waals surface area contributed by atoms with Gasteiger partial charge in [-0.15, -0.1) is 0 Å². The first-order valence-electron chi connectivity index (χ1n) is 9.52. The number of para-hydroxylation sites is 1. The van der Waals surface area contributed by atoms with E-state index in [2.05, 4.69) is 22.4 Å². The summed E-state index contributed by atoms with van der Waals surface area (Å²) < 4.78 is 5.03. The Balaban J connectivity index is 0.000000162. The van der Waals surface area contributed by atoms with Gasteiger partial charge in [0.25, 0.3) is 0 Å². The summed E-state index contributed by atoms with van der Waals surface area (Å²) in [5.41, 5.74) is 3.04. The average molecular weight is 382 g/mol. The van der Waals surface area contributed by atoms with E-state index in [1.807, 2.05) is 48.4 Å². The summed E-state index contributed by atoms with van der Waals surface area (Å²) in [5, 5.41) is 7.58.